The number of nitriles is 1. The van der Waals surface area contributed by atoms with E-state index in [4.69, 9.17) is 16.9 Å². The van der Waals surface area contributed by atoms with Gasteiger partial charge >= 0.3 is 0 Å². The summed E-state index contributed by atoms with van der Waals surface area (Å²) in [6.45, 7) is 0. The molecule has 0 radical (unpaired) electrons. The normalized spacial score (nSPS) is 9.18. The van der Waals surface area contributed by atoms with Crippen molar-refractivity contribution in [2.75, 3.05) is 0 Å². The smallest absolute Gasteiger partial charge is 0.147 e. The van der Waals surface area contributed by atoms with E-state index < -0.39 is 0 Å². The van der Waals surface area contributed by atoms with E-state index >= 15 is 0 Å². The molecule has 0 aliphatic rings. The Kier molecular flexibility index (Phi) is 2.38. The molecule has 0 aliphatic heterocycles. The molecule has 0 saturated carbocycles. The Bertz CT molecular complexity index is 332. The average Bonchev–Trinajstić information content (AvgIpc) is 1.96. The zero-order valence-corrected chi connectivity index (χ0v) is 7.65. The van der Waals surface area contributed by atoms with Crippen LogP contribution in [-0.2, 0) is 0 Å². The molecule has 0 aliphatic carbocycles. The van der Waals surface area contributed by atoms with E-state index in [1.807, 2.05) is 6.07 Å². The Labute approximate surface area is 77.2 Å². The van der Waals surface area contributed by atoms with Crippen molar-refractivity contribution < 1.29 is 5.11 Å². The summed E-state index contributed by atoms with van der Waals surface area (Å²) in [5.41, 5.74) is 0.171. The molecular weight excluding hydrogens is 229 g/mol. The van der Waals surface area contributed by atoms with Crippen molar-refractivity contribution in [3.05, 3.63) is 27.2 Å². The highest BCUT2D eigenvalue weighted by Gasteiger charge is 2.05. The van der Waals surface area contributed by atoms with Gasteiger partial charge in [0, 0.05) is 5.02 Å². The number of benzene rings is 1. The molecule has 0 saturated heterocycles. The van der Waals surface area contributed by atoms with Gasteiger partial charge in [-0.05, 0) is 28.1 Å². The van der Waals surface area contributed by atoms with Gasteiger partial charge in [-0.3, -0.25) is 0 Å². The Balaban J connectivity index is 3.39. The lowest BCUT2D eigenvalue weighted by Gasteiger charge is -1.98. The monoisotopic (exact) mass is 231 g/mol. The van der Waals surface area contributed by atoms with Gasteiger partial charge in [0.05, 0.1) is 10.0 Å². The highest BCUT2D eigenvalue weighted by atomic mass is 79.9. The topological polar surface area (TPSA) is 44.0 Å². The molecule has 0 fully saturated rings. The lowest BCUT2D eigenvalue weighted by molar-refractivity contribution is 0.470. The minimum absolute atomic E-state index is 0.0723. The molecule has 11 heavy (non-hydrogen) atoms. The second-order valence-corrected chi connectivity index (χ2v) is 3.19. The van der Waals surface area contributed by atoms with Crippen molar-refractivity contribution in [3.63, 3.8) is 0 Å². The molecule has 4 heteroatoms. The predicted molar refractivity (Wildman–Crippen MR) is 45.5 cm³/mol. The maximum atomic E-state index is 9.19. The fourth-order valence-corrected chi connectivity index (χ4v) is 1.46. The molecule has 1 N–H and O–H groups in total. The van der Waals surface area contributed by atoms with Crippen LogP contribution >= 0.6 is 27.5 Å². The number of hydrogen-bond donors (Lipinski definition) is 1. The third-order valence-electron chi connectivity index (χ3n) is 1.15. The Morgan fingerprint density at radius 1 is 1.55 bits per heavy atom. The standard InChI is InChI=1S/C7H3BrClNO/c8-6-2-5(9)1-4(3-10)7(6)11/h1-2,11H. The van der Waals surface area contributed by atoms with Crippen LogP contribution in [0.25, 0.3) is 0 Å². The molecular formula is C7H3BrClNO. The molecule has 0 amide bonds. The van der Waals surface area contributed by atoms with Crippen molar-refractivity contribution >= 4 is 27.5 Å². The maximum Gasteiger partial charge on any atom is 0.147 e. The van der Waals surface area contributed by atoms with E-state index in [1.165, 1.54) is 12.1 Å². The largest absolute Gasteiger partial charge is 0.505 e. The SMILES string of the molecule is N#Cc1cc(Cl)cc(Br)c1O. The van der Waals surface area contributed by atoms with Gasteiger partial charge in [0.2, 0.25) is 0 Å². The lowest BCUT2D eigenvalue weighted by Crippen LogP contribution is -1.77. The van der Waals surface area contributed by atoms with Crippen LogP contribution in [0.5, 0.6) is 5.75 Å². The molecule has 0 bridgehead atoms. The fourth-order valence-electron chi connectivity index (χ4n) is 0.651. The fraction of sp³-hybridized carbons (Fsp3) is 0. The molecule has 0 atom stereocenters. The van der Waals surface area contributed by atoms with Gasteiger partial charge in [0.25, 0.3) is 0 Å². The van der Waals surface area contributed by atoms with Crippen molar-refractivity contribution in [3.8, 4) is 11.8 Å². The third kappa shape index (κ3) is 1.65. The Hall–Kier alpha value is -0.720. The minimum atomic E-state index is -0.0723. The molecule has 1 rings (SSSR count). The van der Waals surface area contributed by atoms with E-state index in [2.05, 4.69) is 15.9 Å². The summed E-state index contributed by atoms with van der Waals surface area (Å²) in [5, 5.41) is 18.1. The summed E-state index contributed by atoms with van der Waals surface area (Å²) in [6, 6.07) is 4.74. The van der Waals surface area contributed by atoms with Crippen LogP contribution in [0.3, 0.4) is 0 Å². The number of aromatic hydroxyl groups is 1. The number of nitrogens with zero attached hydrogens (tertiary/aromatic N) is 1. The van der Waals surface area contributed by atoms with Gasteiger partial charge in [-0.2, -0.15) is 5.26 Å². The van der Waals surface area contributed by atoms with Gasteiger partial charge in [0.15, 0.2) is 0 Å². The molecule has 0 aromatic heterocycles. The second-order valence-electron chi connectivity index (χ2n) is 1.90. The van der Waals surface area contributed by atoms with Gasteiger partial charge in [-0.15, -0.1) is 0 Å². The summed E-state index contributed by atoms with van der Waals surface area (Å²) in [6.07, 6.45) is 0. The summed E-state index contributed by atoms with van der Waals surface area (Å²) >= 11 is 8.66. The van der Waals surface area contributed by atoms with Gasteiger partial charge in [-0.1, -0.05) is 11.6 Å². The predicted octanol–water partition coefficient (Wildman–Crippen LogP) is 2.68. The zero-order valence-electron chi connectivity index (χ0n) is 5.31. The second kappa shape index (κ2) is 3.12. The van der Waals surface area contributed by atoms with Crippen LogP contribution in [0.2, 0.25) is 5.02 Å². The van der Waals surface area contributed by atoms with Gasteiger partial charge < -0.3 is 5.11 Å². The molecule has 0 spiro atoms. The Morgan fingerprint density at radius 2 is 2.18 bits per heavy atom. The molecule has 0 heterocycles. The van der Waals surface area contributed by atoms with Crippen LogP contribution in [-0.4, -0.2) is 5.11 Å². The van der Waals surface area contributed by atoms with Crippen molar-refractivity contribution in [2.45, 2.75) is 0 Å². The first-order valence-corrected chi connectivity index (χ1v) is 3.90. The van der Waals surface area contributed by atoms with Gasteiger partial charge in [-0.25, -0.2) is 0 Å². The zero-order chi connectivity index (χ0) is 8.43. The van der Waals surface area contributed by atoms with E-state index in [0.29, 0.717) is 9.50 Å². The number of rotatable bonds is 0. The highest BCUT2D eigenvalue weighted by molar-refractivity contribution is 9.10. The van der Waals surface area contributed by atoms with Crippen LogP contribution in [0.4, 0.5) is 0 Å². The number of halogens is 2. The van der Waals surface area contributed by atoms with E-state index in [-0.39, 0.29) is 11.3 Å². The highest BCUT2D eigenvalue weighted by Crippen LogP contribution is 2.30. The molecule has 0 unspecified atom stereocenters. The first-order valence-electron chi connectivity index (χ1n) is 2.73. The molecule has 1 aromatic carbocycles. The summed E-state index contributed by atoms with van der Waals surface area (Å²) in [5.74, 6) is -0.0723. The third-order valence-corrected chi connectivity index (χ3v) is 1.97. The van der Waals surface area contributed by atoms with Crippen LogP contribution in [0.15, 0.2) is 16.6 Å². The first-order chi connectivity index (χ1) is 5.15. The van der Waals surface area contributed by atoms with E-state index in [0.717, 1.165) is 0 Å². The Morgan fingerprint density at radius 3 is 2.73 bits per heavy atom. The number of phenols is 1. The summed E-state index contributed by atoms with van der Waals surface area (Å²) in [4.78, 5) is 0. The quantitative estimate of drug-likeness (QED) is 0.747. The maximum absolute atomic E-state index is 9.19. The van der Waals surface area contributed by atoms with Crippen LogP contribution in [0, 0.1) is 11.3 Å². The van der Waals surface area contributed by atoms with E-state index in [1.54, 1.807) is 0 Å². The summed E-state index contributed by atoms with van der Waals surface area (Å²) in [7, 11) is 0. The number of phenolic OH excluding ortho intramolecular Hbond substituents is 1. The van der Waals surface area contributed by atoms with Crippen molar-refractivity contribution in [1.29, 1.82) is 5.26 Å². The van der Waals surface area contributed by atoms with Crippen molar-refractivity contribution in [1.82, 2.24) is 0 Å². The number of hydrogen-bond acceptors (Lipinski definition) is 2. The van der Waals surface area contributed by atoms with Crippen LogP contribution < -0.4 is 0 Å². The van der Waals surface area contributed by atoms with Crippen LogP contribution in [0.1, 0.15) is 5.56 Å². The van der Waals surface area contributed by atoms with Crippen molar-refractivity contribution in [2.24, 2.45) is 0 Å². The molecule has 56 valence electrons. The first kappa shape index (κ1) is 8.38. The van der Waals surface area contributed by atoms with E-state index in [9.17, 15) is 5.11 Å². The average molecular weight is 232 g/mol. The minimum Gasteiger partial charge on any atom is -0.505 e. The lowest BCUT2D eigenvalue weighted by atomic mass is 10.2. The van der Waals surface area contributed by atoms with Gasteiger partial charge in [0.1, 0.15) is 11.8 Å². The molecule has 2 nitrogen and oxygen atoms in total. The summed E-state index contributed by atoms with van der Waals surface area (Å²) < 4.78 is 0.432. The molecule has 1 aromatic rings.